The van der Waals surface area contributed by atoms with Gasteiger partial charge in [-0.25, -0.2) is 9.50 Å². The lowest BCUT2D eigenvalue weighted by Crippen LogP contribution is -2.40. The van der Waals surface area contributed by atoms with Crippen molar-refractivity contribution in [3.8, 4) is 22.5 Å². The molecule has 0 aliphatic heterocycles. The van der Waals surface area contributed by atoms with Crippen LogP contribution in [0.4, 0.5) is 0 Å². The van der Waals surface area contributed by atoms with Crippen molar-refractivity contribution in [2.24, 2.45) is 5.73 Å². The van der Waals surface area contributed by atoms with E-state index in [0.717, 1.165) is 29.7 Å². The topological polar surface area (TPSA) is 89.4 Å². The summed E-state index contributed by atoms with van der Waals surface area (Å²) in [5.41, 5.74) is 10.6. The first-order valence-corrected chi connectivity index (χ1v) is 11.0. The Balaban J connectivity index is 1.69. The minimum atomic E-state index is -0.0858. The van der Waals surface area contributed by atoms with E-state index in [2.05, 4.69) is 17.0 Å². The van der Waals surface area contributed by atoms with Crippen molar-refractivity contribution < 1.29 is 4.79 Å². The average Bonchev–Trinajstić information content (AvgIpc) is 3.25. The standard InChI is InChI=1S/C25H28N6O/c1-3-4-13-30(17-18(2)26)25(32)20-10-12-27-23(15-20)21-16-28-31-14-11-22(29-24(21)31)19-8-6-5-7-9-19/h5-12,14-16,18H,3-4,13,17,26H2,1-2H3/t18-/m0/s1. The van der Waals surface area contributed by atoms with Crippen LogP contribution in [-0.4, -0.2) is 49.5 Å². The molecule has 3 aromatic heterocycles. The maximum atomic E-state index is 13.2. The molecule has 1 amide bonds. The molecule has 0 saturated carbocycles. The van der Waals surface area contributed by atoms with Crippen molar-refractivity contribution >= 4 is 11.6 Å². The average molecular weight is 429 g/mol. The number of nitrogens with two attached hydrogens (primary N) is 1. The molecule has 0 fully saturated rings. The number of aromatic nitrogens is 4. The summed E-state index contributed by atoms with van der Waals surface area (Å²) in [6.45, 7) is 5.24. The molecule has 0 aliphatic carbocycles. The van der Waals surface area contributed by atoms with Gasteiger partial charge in [0, 0.05) is 42.7 Å². The molecule has 4 rings (SSSR count). The number of hydrogen-bond donors (Lipinski definition) is 1. The predicted molar refractivity (Wildman–Crippen MR) is 126 cm³/mol. The van der Waals surface area contributed by atoms with Gasteiger partial charge in [0.05, 0.1) is 23.1 Å². The number of pyridine rings is 1. The molecular formula is C25H28N6O. The highest BCUT2D eigenvalue weighted by Gasteiger charge is 2.19. The summed E-state index contributed by atoms with van der Waals surface area (Å²) < 4.78 is 1.72. The highest BCUT2D eigenvalue weighted by atomic mass is 16.2. The lowest BCUT2D eigenvalue weighted by molar-refractivity contribution is 0.0745. The van der Waals surface area contributed by atoms with Crippen molar-refractivity contribution in [2.45, 2.75) is 32.7 Å². The molecule has 0 bridgehead atoms. The van der Waals surface area contributed by atoms with Crippen molar-refractivity contribution in [2.75, 3.05) is 13.1 Å². The van der Waals surface area contributed by atoms with Gasteiger partial charge in [-0.15, -0.1) is 0 Å². The maximum Gasteiger partial charge on any atom is 0.254 e. The molecule has 0 unspecified atom stereocenters. The van der Waals surface area contributed by atoms with Crippen LogP contribution in [0, 0.1) is 0 Å². The summed E-state index contributed by atoms with van der Waals surface area (Å²) in [4.78, 5) is 24.4. The second-order valence-corrected chi connectivity index (χ2v) is 8.02. The molecule has 7 nitrogen and oxygen atoms in total. The van der Waals surface area contributed by atoms with Crippen molar-refractivity contribution in [3.63, 3.8) is 0 Å². The number of carbonyl (C=O) groups excluding carboxylic acids is 1. The van der Waals surface area contributed by atoms with Crippen LogP contribution in [0.1, 0.15) is 37.0 Å². The van der Waals surface area contributed by atoms with E-state index in [9.17, 15) is 4.79 Å². The van der Waals surface area contributed by atoms with E-state index < -0.39 is 0 Å². The zero-order chi connectivity index (χ0) is 22.5. The van der Waals surface area contributed by atoms with Gasteiger partial charge in [0.25, 0.3) is 5.91 Å². The number of rotatable bonds is 8. The Kier molecular flexibility index (Phi) is 6.56. The zero-order valence-corrected chi connectivity index (χ0v) is 18.5. The highest BCUT2D eigenvalue weighted by Crippen LogP contribution is 2.25. The first kappa shape index (κ1) is 21.6. The molecule has 0 spiro atoms. The lowest BCUT2D eigenvalue weighted by Gasteiger charge is -2.24. The van der Waals surface area contributed by atoms with Gasteiger partial charge in [0.15, 0.2) is 5.65 Å². The van der Waals surface area contributed by atoms with E-state index in [1.807, 2.05) is 60.5 Å². The summed E-state index contributed by atoms with van der Waals surface area (Å²) in [7, 11) is 0. The first-order valence-electron chi connectivity index (χ1n) is 11.0. The van der Waals surface area contributed by atoms with Gasteiger partial charge in [-0.3, -0.25) is 9.78 Å². The van der Waals surface area contributed by atoms with E-state index >= 15 is 0 Å². The van der Waals surface area contributed by atoms with Gasteiger partial charge in [-0.05, 0) is 31.5 Å². The molecule has 4 aromatic rings. The number of hydrogen-bond acceptors (Lipinski definition) is 5. The number of benzene rings is 1. The third-order valence-corrected chi connectivity index (χ3v) is 5.30. The Labute approximate surface area is 187 Å². The minimum absolute atomic E-state index is 0.0335. The molecule has 164 valence electrons. The van der Waals surface area contributed by atoms with Gasteiger partial charge in [0.1, 0.15) is 0 Å². The number of nitrogens with zero attached hydrogens (tertiary/aromatic N) is 5. The van der Waals surface area contributed by atoms with E-state index in [4.69, 9.17) is 10.7 Å². The van der Waals surface area contributed by atoms with Crippen LogP contribution in [0.15, 0.2) is 67.1 Å². The van der Waals surface area contributed by atoms with E-state index in [-0.39, 0.29) is 11.9 Å². The Morgan fingerprint density at radius 1 is 1.16 bits per heavy atom. The fraction of sp³-hybridized carbons (Fsp3) is 0.280. The normalized spacial score (nSPS) is 12.1. The smallest absolute Gasteiger partial charge is 0.254 e. The number of unbranched alkanes of at least 4 members (excludes halogenated alkanes) is 1. The second kappa shape index (κ2) is 9.70. The van der Waals surface area contributed by atoms with Gasteiger partial charge in [0.2, 0.25) is 0 Å². The third kappa shape index (κ3) is 4.68. The molecule has 7 heteroatoms. The zero-order valence-electron chi connectivity index (χ0n) is 18.5. The van der Waals surface area contributed by atoms with Crippen molar-refractivity contribution in [3.05, 3.63) is 72.7 Å². The van der Waals surface area contributed by atoms with Crippen molar-refractivity contribution in [1.82, 2.24) is 24.5 Å². The molecular weight excluding hydrogens is 400 g/mol. The monoisotopic (exact) mass is 428 g/mol. The summed E-state index contributed by atoms with van der Waals surface area (Å²) >= 11 is 0. The number of amides is 1. The van der Waals surface area contributed by atoms with Gasteiger partial charge in [-0.2, -0.15) is 5.10 Å². The summed E-state index contributed by atoms with van der Waals surface area (Å²) in [6, 6.07) is 15.4. The molecule has 3 heterocycles. The Morgan fingerprint density at radius 2 is 1.97 bits per heavy atom. The van der Waals surface area contributed by atoms with Gasteiger partial charge >= 0.3 is 0 Å². The summed E-state index contributed by atoms with van der Waals surface area (Å²) in [5, 5.41) is 4.42. The fourth-order valence-electron chi connectivity index (χ4n) is 3.69. The Hall–Kier alpha value is -3.58. The van der Waals surface area contributed by atoms with Crippen LogP contribution in [-0.2, 0) is 0 Å². The van der Waals surface area contributed by atoms with Crippen LogP contribution in [0.25, 0.3) is 28.2 Å². The van der Waals surface area contributed by atoms with Gasteiger partial charge < -0.3 is 10.6 Å². The lowest BCUT2D eigenvalue weighted by atomic mass is 10.1. The number of carbonyl (C=O) groups is 1. The molecule has 0 saturated heterocycles. The van der Waals surface area contributed by atoms with E-state index in [1.54, 1.807) is 23.0 Å². The molecule has 2 N–H and O–H groups in total. The maximum absolute atomic E-state index is 13.2. The molecule has 1 atom stereocenters. The first-order chi connectivity index (χ1) is 15.6. The largest absolute Gasteiger partial charge is 0.337 e. The van der Waals surface area contributed by atoms with Crippen LogP contribution < -0.4 is 5.73 Å². The summed E-state index contributed by atoms with van der Waals surface area (Å²) in [6.07, 6.45) is 7.25. The summed E-state index contributed by atoms with van der Waals surface area (Å²) in [5.74, 6) is -0.0335. The van der Waals surface area contributed by atoms with E-state index in [0.29, 0.717) is 30.0 Å². The van der Waals surface area contributed by atoms with Crippen molar-refractivity contribution in [1.29, 1.82) is 0 Å². The number of fused-ring (bicyclic) bond motifs is 1. The molecule has 0 aliphatic rings. The Bertz CT molecular complexity index is 1200. The quantitative estimate of drug-likeness (QED) is 0.457. The SMILES string of the molecule is CCCCN(C[C@H](C)N)C(=O)c1ccnc(-c2cnn3ccc(-c4ccccc4)nc23)c1. The second-order valence-electron chi connectivity index (χ2n) is 8.02. The molecule has 1 aromatic carbocycles. The fourth-order valence-corrected chi connectivity index (χ4v) is 3.69. The van der Waals surface area contributed by atoms with E-state index in [1.165, 1.54) is 0 Å². The Morgan fingerprint density at radius 3 is 2.72 bits per heavy atom. The third-order valence-electron chi connectivity index (χ3n) is 5.30. The molecule has 32 heavy (non-hydrogen) atoms. The molecule has 0 radical (unpaired) electrons. The van der Waals surface area contributed by atoms with Crippen LogP contribution in [0.5, 0.6) is 0 Å². The highest BCUT2D eigenvalue weighted by molar-refractivity contribution is 5.95. The van der Waals surface area contributed by atoms with Gasteiger partial charge in [-0.1, -0.05) is 43.7 Å². The predicted octanol–water partition coefficient (Wildman–Crippen LogP) is 4.05. The van der Waals surface area contributed by atoms with Crippen LogP contribution in [0.2, 0.25) is 0 Å². The van der Waals surface area contributed by atoms with Crippen LogP contribution >= 0.6 is 0 Å². The minimum Gasteiger partial charge on any atom is -0.337 e. The van der Waals surface area contributed by atoms with Crippen LogP contribution in [0.3, 0.4) is 0 Å².